The SMILES string of the molecule is CCc1csc(Sc2nccnc2Cl)n1. The molecule has 0 amide bonds. The third-order valence-electron chi connectivity index (χ3n) is 1.70. The molecule has 0 fully saturated rings. The number of aryl methyl sites for hydroxylation is 1. The smallest absolute Gasteiger partial charge is 0.161 e. The Morgan fingerprint density at radius 2 is 2.20 bits per heavy atom. The average Bonchev–Trinajstić information content (AvgIpc) is 2.69. The summed E-state index contributed by atoms with van der Waals surface area (Å²) in [5.41, 5.74) is 1.10. The summed E-state index contributed by atoms with van der Waals surface area (Å²) < 4.78 is 0.953. The largest absolute Gasteiger partial charge is 0.245 e. The monoisotopic (exact) mass is 257 g/mol. The Hall–Kier alpha value is -0.650. The molecule has 2 rings (SSSR count). The Balaban J connectivity index is 2.18. The topological polar surface area (TPSA) is 38.7 Å². The number of nitrogens with zero attached hydrogens (tertiary/aromatic N) is 3. The Kier molecular flexibility index (Phi) is 3.56. The van der Waals surface area contributed by atoms with Gasteiger partial charge < -0.3 is 0 Å². The summed E-state index contributed by atoms with van der Waals surface area (Å²) in [5, 5.41) is 3.18. The molecule has 0 aromatic carbocycles. The van der Waals surface area contributed by atoms with Crippen LogP contribution in [0.3, 0.4) is 0 Å². The second-order valence-electron chi connectivity index (χ2n) is 2.71. The molecule has 0 bridgehead atoms. The van der Waals surface area contributed by atoms with E-state index in [1.807, 2.05) is 5.38 Å². The van der Waals surface area contributed by atoms with Crippen LogP contribution in [0.15, 0.2) is 27.1 Å². The molecule has 0 aliphatic heterocycles. The molecular formula is C9H8ClN3S2. The number of aromatic nitrogens is 3. The molecule has 0 N–H and O–H groups in total. The maximum absolute atomic E-state index is 5.90. The lowest BCUT2D eigenvalue weighted by Crippen LogP contribution is -1.84. The van der Waals surface area contributed by atoms with Crippen LogP contribution in [0.25, 0.3) is 0 Å². The molecule has 78 valence electrons. The first-order chi connectivity index (χ1) is 7.29. The van der Waals surface area contributed by atoms with Crippen LogP contribution >= 0.6 is 34.7 Å². The summed E-state index contributed by atoms with van der Waals surface area (Å²) in [5.74, 6) is 0. The van der Waals surface area contributed by atoms with Crippen molar-refractivity contribution in [1.29, 1.82) is 0 Å². The zero-order chi connectivity index (χ0) is 10.7. The van der Waals surface area contributed by atoms with E-state index >= 15 is 0 Å². The van der Waals surface area contributed by atoms with Crippen molar-refractivity contribution in [3.8, 4) is 0 Å². The first kappa shape index (κ1) is 10.9. The molecule has 0 saturated heterocycles. The van der Waals surface area contributed by atoms with Crippen LogP contribution in [-0.4, -0.2) is 15.0 Å². The Labute approximate surface area is 101 Å². The van der Waals surface area contributed by atoms with Crippen molar-refractivity contribution in [2.45, 2.75) is 22.7 Å². The summed E-state index contributed by atoms with van der Waals surface area (Å²) in [6, 6.07) is 0. The zero-order valence-corrected chi connectivity index (χ0v) is 10.4. The quantitative estimate of drug-likeness (QED) is 0.846. The van der Waals surface area contributed by atoms with Gasteiger partial charge >= 0.3 is 0 Å². The van der Waals surface area contributed by atoms with E-state index in [4.69, 9.17) is 11.6 Å². The second-order valence-corrected chi connectivity index (χ2v) is 5.16. The van der Waals surface area contributed by atoms with Gasteiger partial charge in [-0.3, -0.25) is 0 Å². The molecule has 0 spiro atoms. The molecule has 3 nitrogen and oxygen atoms in total. The van der Waals surface area contributed by atoms with Gasteiger partial charge in [-0.05, 0) is 18.2 Å². The van der Waals surface area contributed by atoms with E-state index < -0.39 is 0 Å². The minimum atomic E-state index is 0.427. The van der Waals surface area contributed by atoms with Gasteiger partial charge in [0.2, 0.25) is 0 Å². The molecule has 0 atom stereocenters. The highest BCUT2D eigenvalue weighted by molar-refractivity contribution is 8.01. The van der Waals surface area contributed by atoms with E-state index in [9.17, 15) is 0 Å². The molecule has 2 heterocycles. The second kappa shape index (κ2) is 4.92. The van der Waals surface area contributed by atoms with Crippen molar-refractivity contribution in [2.75, 3.05) is 0 Å². The fourth-order valence-electron chi connectivity index (χ4n) is 0.957. The Bertz CT molecular complexity index is 458. The maximum Gasteiger partial charge on any atom is 0.161 e. The standard InChI is InChI=1S/C9H8ClN3S2/c1-2-6-5-14-9(13-6)15-8-7(10)11-3-4-12-8/h3-5H,2H2,1H3. The molecule has 2 aromatic heterocycles. The van der Waals surface area contributed by atoms with Crippen molar-refractivity contribution in [3.63, 3.8) is 0 Å². The highest BCUT2D eigenvalue weighted by atomic mass is 35.5. The van der Waals surface area contributed by atoms with Gasteiger partial charge in [0.25, 0.3) is 0 Å². The van der Waals surface area contributed by atoms with Crippen LogP contribution in [0.2, 0.25) is 5.15 Å². The van der Waals surface area contributed by atoms with E-state index in [0.29, 0.717) is 10.2 Å². The predicted molar refractivity (Wildman–Crippen MR) is 62.7 cm³/mol. The van der Waals surface area contributed by atoms with Crippen molar-refractivity contribution in [1.82, 2.24) is 15.0 Å². The van der Waals surface area contributed by atoms with Gasteiger partial charge in [-0.25, -0.2) is 15.0 Å². The lowest BCUT2D eigenvalue weighted by molar-refractivity contribution is 1.01. The molecular weight excluding hydrogens is 250 g/mol. The van der Waals surface area contributed by atoms with E-state index in [0.717, 1.165) is 16.5 Å². The number of thiazole rings is 1. The summed E-state index contributed by atoms with van der Waals surface area (Å²) in [4.78, 5) is 12.5. The third-order valence-corrected chi connectivity index (χ3v) is 4.07. The minimum Gasteiger partial charge on any atom is -0.245 e. The van der Waals surface area contributed by atoms with Gasteiger partial charge in [0.1, 0.15) is 5.03 Å². The zero-order valence-electron chi connectivity index (χ0n) is 7.98. The van der Waals surface area contributed by atoms with Crippen LogP contribution in [0.1, 0.15) is 12.6 Å². The number of rotatable bonds is 3. The summed E-state index contributed by atoms with van der Waals surface area (Å²) in [6.07, 6.45) is 4.15. The van der Waals surface area contributed by atoms with Gasteiger partial charge in [0, 0.05) is 17.8 Å². The Morgan fingerprint density at radius 3 is 2.87 bits per heavy atom. The van der Waals surface area contributed by atoms with Gasteiger partial charge in [-0.15, -0.1) is 11.3 Å². The molecule has 0 saturated carbocycles. The molecule has 0 unspecified atom stereocenters. The minimum absolute atomic E-state index is 0.427. The number of hydrogen-bond acceptors (Lipinski definition) is 5. The van der Waals surface area contributed by atoms with Crippen LogP contribution in [0.4, 0.5) is 0 Å². The molecule has 15 heavy (non-hydrogen) atoms. The van der Waals surface area contributed by atoms with Crippen molar-refractivity contribution < 1.29 is 0 Å². The van der Waals surface area contributed by atoms with Gasteiger partial charge in [0.05, 0.1) is 5.69 Å². The van der Waals surface area contributed by atoms with Crippen LogP contribution in [-0.2, 0) is 6.42 Å². The molecule has 2 aromatic rings. The van der Waals surface area contributed by atoms with E-state index in [1.165, 1.54) is 11.8 Å². The molecule has 0 radical (unpaired) electrons. The highest BCUT2D eigenvalue weighted by Gasteiger charge is 2.07. The lowest BCUT2D eigenvalue weighted by atomic mass is 10.4. The van der Waals surface area contributed by atoms with E-state index in [2.05, 4.69) is 21.9 Å². The molecule has 0 aliphatic rings. The van der Waals surface area contributed by atoms with Crippen molar-refractivity contribution in [2.24, 2.45) is 0 Å². The maximum atomic E-state index is 5.90. The van der Waals surface area contributed by atoms with E-state index in [1.54, 1.807) is 23.7 Å². The average molecular weight is 258 g/mol. The summed E-state index contributed by atoms with van der Waals surface area (Å²) in [6.45, 7) is 2.08. The summed E-state index contributed by atoms with van der Waals surface area (Å²) in [7, 11) is 0. The lowest BCUT2D eigenvalue weighted by Gasteiger charge is -1.97. The van der Waals surface area contributed by atoms with Crippen molar-refractivity contribution in [3.05, 3.63) is 28.6 Å². The predicted octanol–water partition coefficient (Wildman–Crippen LogP) is 3.30. The fourth-order valence-corrected chi connectivity index (χ4v) is 2.96. The van der Waals surface area contributed by atoms with E-state index in [-0.39, 0.29) is 0 Å². The van der Waals surface area contributed by atoms with Gasteiger partial charge in [-0.2, -0.15) is 0 Å². The number of halogens is 1. The van der Waals surface area contributed by atoms with Gasteiger partial charge in [-0.1, -0.05) is 18.5 Å². The Morgan fingerprint density at radius 1 is 1.40 bits per heavy atom. The third kappa shape index (κ3) is 2.68. The van der Waals surface area contributed by atoms with Crippen molar-refractivity contribution >= 4 is 34.7 Å². The molecule has 0 aliphatic carbocycles. The van der Waals surface area contributed by atoms with Crippen LogP contribution < -0.4 is 0 Å². The molecule has 6 heteroatoms. The van der Waals surface area contributed by atoms with Crippen LogP contribution in [0, 0.1) is 0 Å². The normalized spacial score (nSPS) is 10.5. The first-order valence-electron chi connectivity index (χ1n) is 4.38. The highest BCUT2D eigenvalue weighted by Crippen LogP contribution is 2.32. The summed E-state index contributed by atoms with van der Waals surface area (Å²) >= 11 is 8.95. The van der Waals surface area contributed by atoms with Gasteiger partial charge in [0.15, 0.2) is 9.49 Å². The first-order valence-corrected chi connectivity index (χ1v) is 6.45. The number of hydrogen-bond donors (Lipinski definition) is 0. The van der Waals surface area contributed by atoms with Crippen LogP contribution in [0.5, 0.6) is 0 Å². The fraction of sp³-hybridized carbons (Fsp3) is 0.222.